The Morgan fingerprint density at radius 3 is 1.24 bits per heavy atom. The molecule has 0 saturated carbocycles. The molecule has 0 unspecified atom stereocenters. The average Bonchev–Trinajstić information content (AvgIpc) is 3.06. The lowest BCUT2D eigenvalue weighted by atomic mass is 10.1. The molecular formula is C39H62N2O4. The van der Waals surface area contributed by atoms with Crippen molar-refractivity contribution in [2.45, 2.75) is 118 Å². The Bertz CT molecular complexity index is 1170. The first-order chi connectivity index (χ1) is 22.1. The Morgan fingerprint density at radius 1 is 0.511 bits per heavy atom. The Balaban J connectivity index is 1.35. The third kappa shape index (κ3) is 13.4. The smallest absolute Gasteiger partial charge is 0.200 e. The maximum absolute atomic E-state index is 13.1. The number of fused-ring (bicyclic) bond motifs is 2. The maximum Gasteiger partial charge on any atom is 0.200 e. The van der Waals surface area contributed by atoms with Crippen LogP contribution in [0, 0.1) is 0 Å². The van der Waals surface area contributed by atoms with Crippen LogP contribution >= 0.6 is 0 Å². The Kier molecular flexibility index (Phi) is 18.1. The van der Waals surface area contributed by atoms with Crippen LogP contribution in [-0.4, -0.2) is 62.3 Å². The normalized spacial score (nSPS) is 11.8. The summed E-state index contributed by atoms with van der Waals surface area (Å²) in [4.78, 5) is 18.2. The molecular weight excluding hydrogens is 560 g/mol. The minimum Gasteiger partial charge on any atom is -0.493 e. The SMILES string of the molecule is CCN(CC)CCCCCCCCCOc1ccc2c(=O)c3ccc(OCCCCCCCCCN(CC)CC)cc3oc2c1. The molecule has 0 saturated heterocycles. The predicted octanol–water partition coefficient (Wildman–Crippen LogP) is 9.85. The first-order valence-corrected chi connectivity index (χ1v) is 18.3. The lowest BCUT2D eigenvalue weighted by Crippen LogP contribution is -2.23. The molecule has 0 N–H and O–H groups in total. The molecule has 1 heterocycles. The molecule has 0 aliphatic rings. The molecule has 0 aliphatic heterocycles. The number of benzene rings is 2. The second kappa shape index (κ2) is 22.0. The van der Waals surface area contributed by atoms with Crippen molar-refractivity contribution >= 4 is 21.9 Å². The van der Waals surface area contributed by atoms with E-state index in [1.165, 1.54) is 90.1 Å². The van der Waals surface area contributed by atoms with E-state index in [1.54, 1.807) is 0 Å². The van der Waals surface area contributed by atoms with E-state index in [-0.39, 0.29) is 5.43 Å². The molecule has 252 valence electrons. The molecule has 2 aromatic carbocycles. The number of rotatable bonds is 26. The summed E-state index contributed by atoms with van der Waals surface area (Å²) in [6.07, 6.45) is 17.5. The van der Waals surface area contributed by atoms with Crippen molar-refractivity contribution in [1.82, 2.24) is 9.80 Å². The molecule has 0 atom stereocenters. The van der Waals surface area contributed by atoms with E-state index in [1.807, 2.05) is 36.4 Å². The second-order valence-corrected chi connectivity index (χ2v) is 12.4. The van der Waals surface area contributed by atoms with Crippen molar-refractivity contribution in [1.29, 1.82) is 0 Å². The second-order valence-electron chi connectivity index (χ2n) is 12.4. The third-order valence-corrected chi connectivity index (χ3v) is 9.18. The van der Waals surface area contributed by atoms with Crippen LogP contribution in [0.2, 0.25) is 0 Å². The number of ether oxygens (including phenoxy) is 2. The summed E-state index contributed by atoms with van der Waals surface area (Å²) >= 11 is 0. The minimum atomic E-state index is -0.0152. The Labute approximate surface area is 273 Å². The largest absolute Gasteiger partial charge is 0.493 e. The van der Waals surface area contributed by atoms with E-state index in [2.05, 4.69) is 37.5 Å². The molecule has 6 heteroatoms. The molecule has 3 rings (SSSR count). The summed E-state index contributed by atoms with van der Waals surface area (Å²) in [7, 11) is 0. The summed E-state index contributed by atoms with van der Waals surface area (Å²) in [6, 6.07) is 11.1. The van der Waals surface area contributed by atoms with Gasteiger partial charge in [-0.25, -0.2) is 0 Å². The molecule has 0 aliphatic carbocycles. The first-order valence-electron chi connectivity index (χ1n) is 18.3. The highest BCUT2D eigenvalue weighted by molar-refractivity contribution is 5.90. The quantitative estimate of drug-likeness (QED) is 0.0656. The summed E-state index contributed by atoms with van der Waals surface area (Å²) in [6.45, 7) is 17.4. The fourth-order valence-electron chi connectivity index (χ4n) is 6.09. The molecule has 0 bridgehead atoms. The lowest BCUT2D eigenvalue weighted by Gasteiger charge is -2.17. The zero-order valence-electron chi connectivity index (χ0n) is 29.0. The van der Waals surface area contributed by atoms with Crippen LogP contribution in [0.1, 0.15) is 118 Å². The monoisotopic (exact) mass is 622 g/mol. The van der Waals surface area contributed by atoms with Crippen LogP contribution in [0.25, 0.3) is 21.9 Å². The predicted molar refractivity (Wildman–Crippen MR) is 191 cm³/mol. The summed E-state index contributed by atoms with van der Waals surface area (Å²) < 4.78 is 18.2. The van der Waals surface area contributed by atoms with Gasteiger partial charge in [0.2, 0.25) is 5.43 Å². The Hall–Kier alpha value is -2.57. The molecule has 45 heavy (non-hydrogen) atoms. The molecule has 0 radical (unpaired) electrons. The third-order valence-electron chi connectivity index (χ3n) is 9.18. The van der Waals surface area contributed by atoms with Gasteiger partial charge in [0.25, 0.3) is 0 Å². The van der Waals surface area contributed by atoms with Gasteiger partial charge in [-0.15, -0.1) is 0 Å². The summed E-state index contributed by atoms with van der Waals surface area (Å²) in [5.41, 5.74) is 1.10. The van der Waals surface area contributed by atoms with Crippen molar-refractivity contribution in [3.63, 3.8) is 0 Å². The number of hydrogen-bond donors (Lipinski definition) is 0. The van der Waals surface area contributed by atoms with Gasteiger partial charge in [0, 0.05) is 12.1 Å². The van der Waals surface area contributed by atoms with Gasteiger partial charge in [-0.3, -0.25) is 4.79 Å². The van der Waals surface area contributed by atoms with Gasteiger partial charge in [-0.2, -0.15) is 0 Å². The highest BCUT2D eigenvalue weighted by atomic mass is 16.5. The van der Waals surface area contributed by atoms with Crippen LogP contribution in [0.15, 0.2) is 45.6 Å². The van der Waals surface area contributed by atoms with E-state index in [4.69, 9.17) is 13.9 Å². The lowest BCUT2D eigenvalue weighted by molar-refractivity contribution is 0.293. The number of unbranched alkanes of at least 4 members (excludes halogenated alkanes) is 12. The molecule has 0 amide bonds. The van der Waals surface area contributed by atoms with Gasteiger partial charge in [0.1, 0.15) is 22.7 Å². The minimum absolute atomic E-state index is 0.0152. The standard InChI is InChI=1S/C39H62N2O4/c1-5-40(6-2)27-19-15-11-9-13-17-21-29-43-33-23-25-35-37(31-33)45-38-32-34(24-26-36(38)39(35)42)44-30-22-18-14-10-12-16-20-28-41(7-3)8-4/h23-26,31-32H,5-22,27-30H2,1-4H3. The highest BCUT2D eigenvalue weighted by Crippen LogP contribution is 2.26. The van der Waals surface area contributed by atoms with Gasteiger partial charge in [-0.05, 0) is 89.2 Å². The molecule has 6 nitrogen and oxygen atoms in total. The number of hydrogen-bond acceptors (Lipinski definition) is 6. The van der Waals surface area contributed by atoms with Gasteiger partial charge in [0.05, 0.1) is 24.0 Å². The van der Waals surface area contributed by atoms with Crippen molar-refractivity contribution in [3.05, 3.63) is 46.6 Å². The van der Waals surface area contributed by atoms with Gasteiger partial charge >= 0.3 is 0 Å². The summed E-state index contributed by atoms with van der Waals surface area (Å²) in [5, 5.41) is 1.16. The molecule has 0 spiro atoms. The van der Waals surface area contributed by atoms with Crippen LogP contribution < -0.4 is 14.9 Å². The van der Waals surface area contributed by atoms with Crippen LogP contribution in [0.4, 0.5) is 0 Å². The van der Waals surface area contributed by atoms with Gasteiger partial charge in [-0.1, -0.05) is 91.9 Å². The van der Waals surface area contributed by atoms with E-state index in [0.29, 0.717) is 35.2 Å². The van der Waals surface area contributed by atoms with Crippen LogP contribution in [0.5, 0.6) is 11.5 Å². The fourth-order valence-corrected chi connectivity index (χ4v) is 6.09. The zero-order chi connectivity index (χ0) is 32.1. The Morgan fingerprint density at radius 2 is 0.867 bits per heavy atom. The number of nitrogens with zero attached hydrogens (tertiary/aromatic N) is 2. The fraction of sp³-hybridized carbons (Fsp3) is 0.667. The van der Waals surface area contributed by atoms with E-state index in [9.17, 15) is 4.79 Å². The average molecular weight is 623 g/mol. The van der Waals surface area contributed by atoms with Crippen molar-refractivity contribution < 1.29 is 13.9 Å². The van der Waals surface area contributed by atoms with Gasteiger partial charge < -0.3 is 23.7 Å². The molecule has 1 aromatic heterocycles. The van der Waals surface area contributed by atoms with Crippen molar-refractivity contribution in [3.8, 4) is 11.5 Å². The molecule has 3 aromatic rings. The summed E-state index contributed by atoms with van der Waals surface area (Å²) in [5.74, 6) is 1.50. The highest BCUT2D eigenvalue weighted by Gasteiger charge is 2.10. The van der Waals surface area contributed by atoms with Gasteiger partial charge in [0.15, 0.2) is 0 Å². The maximum atomic E-state index is 13.1. The molecule has 0 fully saturated rings. The first kappa shape index (κ1) is 36.9. The van der Waals surface area contributed by atoms with Crippen LogP contribution in [-0.2, 0) is 0 Å². The van der Waals surface area contributed by atoms with Crippen LogP contribution in [0.3, 0.4) is 0 Å². The van der Waals surface area contributed by atoms with E-state index in [0.717, 1.165) is 50.5 Å². The van der Waals surface area contributed by atoms with Crippen molar-refractivity contribution in [2.24, 2.45) is 0 Å². The zero-order valence-corrected chi connectivity index (χ0v) is 29.0. The van der Waals surface area contributed by atoms with Crippen molar-refractivity contribution in [2.75, 3.05) is 52.5 Å². The topological polar surface area (TPSA) is 55.1 Å². The van der Waals surface area contributed by atoms with E-state index >= 15 is 0 Å². The van der Waals surface area contributed by atoms with E-state index < -0.39 is 0 Å².